The van der Waals surface area contributed by atoms with Gasteiger partial charge in [0.15, 0.2) is 11.5 Å². The number of ether oxygens (including phenoxy) is 2. The lowest BCUT2D eigenvalue weighted by Crippen LogP contribution is -2.28. The molecular weight excluding hydrogens is 310 g/mol. The molecule has 0 spiro atoms. The first-order chi connectivity index (χ1) is 9.13. The average molecular weight is 330 g/mol. The molecule has 19 heavy (non-hydrogen) atoms. The van der Waals surface area contributed by atoms with Gasteiger partial charge in [0.2, 0.25) is 0 Å². The largest absolute Gasteiger partial charge is 0.493 e. The predicted molar refractivity (Wildman–Crippen MR) is 79.5 cm³/mol. The number of alkyl halides is 1. The summed E-state index contributed by atoms with van der Waals surface area (Å²) in [4.78, 5) is 12.1. The van der Waals surface area contributed by atoms with Gasteiger partial charge in [0.25, 0.3) is 5.91 Å². The normalized spacial score (nSPS) is 11.8. The Bertz CT molecular complexity index is 423. The lowest BCUT2D eigenvalue weighted by Gasteiger charge is -2.14. The quantitative estimate of drug-likeness (QED) is 0.782. The van der Waals surface area contributed by atoms with E-state index in [0.717, 1.165) is 11.8 Å². The van der Waals surface area contributed by atoms with Gasteiger partial charge in [-0.15, -0.1) is 0 Å². The van der Waals surface area contributed by atoms with Crippen molar-refractivity contribution < 1.29 is 14.3 Å². The van der Waals surface area contributed by atoms with Gasteiger partial charge in [0.1, 0.15) is 0 Å². The van der Waals surface area contributed by atoms with Crippen molar-refractivity contribution in [2.24, 2.45) is 5.92 Å². The fourth-order valence-electron chi connectivity index (χ4n) is 1.72. The Kier molecular flexibility index (Phi) is 6.70. The third-order valence-electron chi connectivity index (χ3n) is 2.86. The SMILES string of the molecule is COc1cccc(C(=O)NCC(C)CCBr)c1OC. The van der Waals surface area contributed by atoms with Crippen LogP contribution >= 0.6 is 15.9 Å². The van der Waals surface area contributed by atoms with E-state index in [1.54, 1.807) is 25.3 Å². The van der Waals surface area contributed by atoms with Gasteiger partial charge < -0.3 is 14.8 Å². The zero-order valence-corrected chi connectivity index (χ0v) is 13.1. The van der Waals surface area contributed by atoms with Gasteiger partial charge in [0.05, 0.1) is 19.8 Å². The minimum absolute atomic E-state index is 0.142. The summed E-state index contributed by atoms with van der Waals surface area (Å²) in [5.41, 5.74) is 0.493. The average Bonchev–Trinajstić information content (AvgIpc) is 2.44. The molecule has 1 atom stereocenters. The minimum atomic E-state index is -0.142. The molecule has 1 amide bonds. The highest BCUT2D eigenvalue weighted by Gasteiger charge is 2.16. The second-order valence-corrected chi connectivity index (χ2v) is 5.13. The zero-order chi connectivity index (χ0) is 14.3. The Labute approximate surface area is 122 Å². The maximum absolute atomic E-state index is 12.1. The summed E-state index contributed by atoms with van der Waals surface area (Å²) in [5, 5.41) is 3.85. The van der Waals surface area contributed by atoms with E-state index < -0.39 is 0 Å². The van der Waals surface area contributed by atoms with Gasteiger partial charge >= 0.3 is 0 Å². The molecule has 0 aliphatic rings. The fourth-order valence-corrected chi connectivity index (χ4v) is 2.50. The zero-order valence-electron chi connectivity index (χ0n) is 11.5. The van der Waals surface area contributed by atoms with Gasteiger partial charge in [-0.05, 0) is 24.5 Å². The van der Waals surface area contributed by atoms with Gasteiger partial charge in [-0.25, -0.2) is 0 Å². The van der Waals surface area contributed by atoms with Crippen molar-refractivity contribution in [1.29, 1.82) is 0 Å². The number of carbonyl (C=O) groups is 1. The molecule has 1 rings (SSSR count). The molecule has 1 N–H and O–H groups in total. The first-order valence-electron chi connectivity index (χ1n) is 6.19. The second kappa shape index (κ2) is 8.04. The molecule has 4 nitrogen and oxygen atoms in total. The highest BCUT2D eigenvalue weighted by Crippen LogP contribution is 2.30. The molecule has 106 valence electrons. The van der Waals surface area contributed by atoms with Gasteiger partial charge in [0, 0.05) is 11.9 Å². The second-order valence-electron chi connectivity index (χ2n) is 4.33. The Hall–Kier alpha value is -1.23. The Morgan fingerprint density at radius 2 is 2.11 bits per heavy atom. The van der Waals surface area contributed by atoms with E-state index >= 15 is 0 Å². The number of methoxy groups -OCH3 is 2. The van der Waals surface area contributed by atoms with E-state index in [2.05, 4.69) is 28.2 Å². The van der Waals surface area contributed by atoms with E-state index in [4.69, 9.17) is 9.47 Å². The molecule has 0 saturated carbocycles. The molecule has 0 heterocycles. The number of hydrogen-bond donors (Lipinski definition) is 1. The van der Waals surface area contributed by atoms with E-state index in [1.165, 1.54) is 7.11 Å². The molecule has 0 fully saturated rings. The van der Waals surface area contributed by atoms with Crippen molar-refractivity contribution >= 4 is 21.8 Å². The maximum atomic E-state index is 12.1. The predicted octanol–water partition coefficient (Wildman–Crippen LogP) is 2.85. The van der Waals surface area contributed by atoms with Crippen LogP contribution in [0.15, 0.2) is 18.2 Å². The molecule has 5 heteroatoms. The van der Waals surface area contributed by atoms with Crippen molar-refractivity contribution in [2.75, 3.05) is 26.1 Å². The van der Waals surface area contributed by atoms with Crippen LogP contribution in [-0.2, 0) is 0 Å². The summed E-state index contributed by atoms with van der Waals surface area (Å²) in [6.07, 6.45) is 1.02. The van der Waals surface area contributed by atoms with Crippen LogP contribution in [0.1, 0.15) is 23.7 Å². The van der Waals surface area contributed by atoms with Crippen LogP contribution in [-0.4, -0.2) is 32.0 Å². The molecule has 0 radical (unpaired) electrons. The number of para-hydroxylation sites is 1. The molecule has 1 aromatic carbocycles. The fraction of sp³-hybridized carbons (Fsp3) is 0.500. The van der Waals surface area contributed by atoms with Gasteiger partial charge in [-0.3, -0.25) is 4.79 Å². The highest BCUT2D eigenvalue weighted by molar-refractivity contribution is 9.09. The topological polar surface area (TPSA) is 47.6 Å². The molecule has 0 saturated heterocycles. The van der Waals surface area contributed by atoms with Gasteiger partial charge in [-0.2, -0.15) is 0 Å². The number of benzene rings is 1. The van der Waals surface area contributed by atoms with Crippen LogP contribution in [0.4, 0.5) is 0 Å². The third-order valence-corrected chi connectivity index (χ3v) is 3.32. The van der Waals surface area contributed by atoms with Crippen molar-refractivity contribution in [3.63, 3.8) is 0 Å². The third kappa shape index (κ3) is 4.42. The number of amides is 1. The molecule has 0 aliphatic carbocycles. The minimum Gasteiger partial charge on any atom is -0.493 e. The monoisotopic (exact) mass is 329 g/mol. The Balaban J connectivity index is 2.76. The first kappa shape index (κ1) is 15.8. The van der Waals surface area contributed by atoms with Gasteiger partial charge in [-0.1, -0.05) is 28.9 Å². The number of nitrogens with one attached hydrogen (secondary N) is 1. The van der Waals surface area contributed by atoms with Crippen LogP contribution < -0.4 is 14.8 Å². The van der Waals surface area contributed by atoms with Crippen molar-refractivity contribution in [3.05, 3.63) is 23.8 Å². The van der Waals surface area contributed by atoms with Crippen molar-refractivity contribution in [2.45, 2.75) is 13.3 Å². The summed E-state index contributed by atoms with van der Waals surface area (Å²) in [7, 11) is 3.08. The molecule has 1 aromatic rings. The maximum Gasteiger partial charge on any atom is 0.255 e. The lowest BCUT2D eigenvalue weighted by atomic mass is 10.1. The molecule has 0 aliphatic heterocycles. The summed E-state index contributed by atoms with van der Waals surface area (Å²) in [5.74, 6) is 1.32. The van der Waals surface area contributed by atoms with Crippen LogP contribution in [0.5, 0.6) is 11.5 Å². The summed E-state index contributed by atoms with van der Waals surface area (Å²) >= 11 is 3.39. The Morgan fingerprint density at radius 3 is 2.68 bits per heavy atom. The lowest BCUT2D eigenvalue weighted by molar-refractivity contribution is 0.0944. The highest BCUT2D eigenvalue weighted by atomic mass is 79.9. The summed E-state index contributed by atoms with van der Waals surface area (Å²) in [6.45, 7) is 2.75. The number of carbonyl (C=O) groups excluding carboxylic acids is 1. The van der Waals surface area contributed by atoms with E-state index in [0.29, 0.717) is 29.5 Å². The number of halogens is 1. The van der Waals surface area contributed by atoms with Crippen molar-refractivity contribution in [1.82, 2.24) is 5.32 Å². The molecule has 1 unspecified atom stereocenters. The van der Waals surface area contributed by atoms with E-state index in [9.17, 15) is 4.79 Å². The van der Waals surface area contributed by atoms with E-state index in [1.807, 2.05) is 0 Å². The van der Waals surface area contributed by atoms with Crippen molar-refractivity contribution in [3.8, 4) is 11.5 Å². The van der Waals surface area contributed by atoms with Crippen LogP contribution in [0, 0.1) is 5.92 Å². The number of hydrogen-bond acceptors (Lipinski definition) is 3. The van der Waals surface area contributed by atoms with Crippen LogP contribution in [0.3, 0.4) is 0 Å². The smallest absolute Gasteiger partial charge is 0.255 e. The molecule has 0 aromatic heterocycles. The van der Waals surface area contributed by atoms with E-state index in [-0.39, 0.29) is 5.91 Å². The Morgan fingerprint density at radius 1 is 1.37 bits per heavy atom. The standard InChI is InChI=1S/C14H20BrNO3/c1-10(7-8-15)9-16-14(17)11-5-4-6-12(18-2)13(11)19-3/h4-6,10H,7-9H2,1-3H3,(H,16,17). The molecular formula is C14H20BrNO3. The van der Waals surface area contributed by atoms with Crippen LogP contribution in [0.25, 0.3) is 0 Å². The summed E-state index contributed by atoms with van der Waals surface area (Å²) < 4.78 is 10.4. The number of rotatable bonds is 7. The first-order valence-corrected chi connectivity index (χ1v) is 7.31. The summed E-state index contributed by atoms with van der Waals surface area (Å²) in [6, 6.07) is 5.27. The van der Waals surface area contributed by atoms with Crippen LogP contribution in [0.2, 0.25) is 0 Å². The molecule has 0 bridgehead atoms.